The highest BCUT2D eigenvalue weighted by atomic mass is 16.5. The van der Waals surface area contributed by atoms with Crippen LogP contribution in [0.4, 0.5) is 0 Å². The number of nitrogens with zero attached hydrogens (tertiary/aromatic N) is 2. The Morgan fingerprint density at radius 2 is 2.00 bits per heavy atom. The summed E-state index contributed by atoms with van der Waals surface area (Å²) >= 11 is 0. The first-order valence-electron chi connectivity index (χ1n) is 6.19. The van der Waals surface area contributed by atoms with Gasteiger partial charge in [-0.3, -0.25) is 0 Å². The monoisotopic (exact) mass is 258 g/mol. The van der Waals surface area contributed by atoms with Gasteiger partial charge in [0.05, 0.1) is 13.3 Å². The maximum absolute atomic E-state index is 11.7. The van der Waals surface area contributed by atoms with Gasteiger partial charge < -0.3 is 9.30 Å². The van der Waals surface area contributed by atoms with Crippen LogP contribution in [0.15, 0.2) is 24.4 Å². The first-order chi connectivity index (χ1) is 9.02. The van der Waals surface area contributed by atoms with E-state index in [2.05, 4.69) is 37.0 Å². The second-order valence-electron chi connectivity index (χ2n) is 4.69. The SMILES string of the molecule is COC(=O)c1cnc(C)n1Cc1ccc(C)c(C)c1. The Balaban J connectivity index is 2.35. The molecular formula is C15H18N2O2. The van der Waals surface area contributed by atoms with Gasteiger partial charge in [-0.05, 0) is 37.5 Å². The quantitative estimate of drug-likeness (QED) is 0.795. The fraction of sp³-hybridized carbons (Fsp3) is 0.333. The van der Waals surface area contributed by atoms with E-state index in [4.69, 9.17) is 4.74 Å². The van der Waals surface area contributed by atoms with Crippen molar-refractivity contribution in [1.82, 2.24) is 9.55 Å². The van der Waals surface area contributed by atoms with Crippen molar-refractivity contribution in [2.45, 2.75) is 27.3 Å². The van der Waals surface area contributed by atoms with Crippen molar-refractivity contribution in [2.24, 2.45) is 0 Å². The van der Waals surface area contributed by atoms with Crippen LogP contribution in [0.3, 0.4) is 0 Å². The third kappa shape index (κ3) is 2.67. The smallest absolute Gasteiger partial charge is 0.356 e. The molecule has 100 valence electrons. The fourth-order valence-corrected chi connectivity index (χ4v) is 2.02. The van der Waals surface area contributed by atoms with Crippen LogP contribution in [-0.2, 0) is 11.3 Å². The Morgan fingerprint density at radius 3 is 2.63 bits per heavy atom. The van der Waals surface area contributed by atoms with Crippen LogP contribution in [0.5, 0.6) is 0 Å². The highest BCUT2D eigenvalue weighted by molar-refractivity contribution is 5.87. The summed E-state index contributed by atoms with van der Waals surface area (Å²) in [6.45, 7) is 6.67. The molecule has 0 radical (unpaired) electrons. The topological polar surface area (TPSA) is 44.1 Å². The lowest BCUT2D eigenvalue weighted by Gasteiger charge is -2.10. The molecule has 0 unspecified atom stereocenters. The van der Waals surface area contributed by atoms with Gasteiger partial charge in [-0.25, -0.2) is 9.78 Å². The van der Waals surface area contributed by atoms with E-state index < -0.39 is 0 Å². The van der Waals surface area contributed by atoms with E-state index in [0.29, 0.717) is 12.2 Å². The van der Waals surface area contributed by atoms with Crippen molar-refractivity contribution < 1.29 is 9.53 Å². The number of ether oxygens (including phenoxy) is 1. The molecule has 0 atom stereocenters. The molecule has 1 heterocycles. The molecule has 0 amide bonds. The van der Waals surface area contributed by atoms with Crippen LogP contribution in [0, 0.1) is 20.8 Å². The van der Waals surface area contributed by atoms with Crippen LogP contribution in [0.2, 0.25) is 0 Å². The summed E-state index contributed by atoms with van der Waals surface area (Å²) in [6, 6.07) is 6.30. The molecule has 0 aliphatic heterocycles. The molecule has 2 rings (SSSR count). The number of imidazole rings is 1. The Bertz CT molecular complexity index is 615. The van der Waals surface area contributed by atoms with Gasteiger partial charge in [-0.1, -0.05) is 18.2 Å². The van der Waals surface area contributed by atoms with Crippen molar-refractivity contribution in [2.75, 3.05) is 7.11 Å². The highest BCUT2D eigenvalue weighted by Gasteiger charge is 2.15. The first kappa shape index (κ1) is 13.3. The third-order valence-electron chi connectivity index (χ3n) is 3.36. The van der Waals surface area contributed by atoms with Crippen LogP contribution in [0.1, 0.15) is 33.0 Å². The molecule has 4 nitrogen and oxygen atoms in total. The van der Waals surface area contributed by atoms with Gasteiger partial charge in [-0.15, -0.1) is 0 Å². The van der Waals surface area contributed by atoms with Crippen molar-refractivity contribution in [3.05, 3.63) is 52.6 Å². The Hall–Kier alpha value is -2.10. The van der Waals surface area contributed by atoms with Gasteiger partial charge in [-0.2, -0.15) is 0 Å². The summed E-state index contributed by atoms with van der Waals surface area (Å²) in [5.41, 5.74) is 4.14. The first-order valence-corrected chi connectivity index (χ1v) is 6.19. The average molecular weight is 258 g/mol. The van der Waals surface area contributed by atoms with Gasteiger partial charge in [0.25, 0.3) is 0 Å². The second kappa shape index (κ2) is 5.26. The standard InChI is InChI=1S/C15H18N2O2/c1-10-5-6-13(7-11(10)2)9-17-12(3)16-8-14(17)15(18)19-4/h5-8H,9H2,1-4H3. The molecule has 0 saturated heterocycles. The minimum Gasteiger partial charge on any atom is -0.464 e. The van der Waals surface area contributed by atoms with E-state index >= 15 is 0 Å². The van der Waals surface area contributed by atoms with Crippen molar-refractivity contribution in [3.63, 3.8) is 0 Å². The summed E-state index contributed by atoms with van der Waals surface area (Å²) in [4.78, 5) is 15.9. The molecule has 0 saturated carbocycles. The molecule has 1 aromatic carbocycles. The normalized spacial score (nSPS) is 10.5. The van der Waals surface area contributed by atoms with Crippen LogP contribution in [0.25, 0.3) is 0 Å². The molecule has 0 aliphatic rings. The number of hydrogen-bond donors (Lipinski definition) is 0. The summed E-state index contributed by atoms with van der Waals surface area (Å²) < 4.78 is 6.64. The van der Waals surface area contributed by atoms with Crippen LogP contribution < -0.4 is 0 Å². The van der Waals surface area contributed by atoms with E-state index in [-0.39, 0.29) is 5.97 Å². The lowest BCUT2D eigenvalue weighted by Crippen LogP contribution is -2.12. The van der Waals surface area contributed by atoms with E-state index in [9.17, 15) is 4.79 Å². The van der Waals surface area contributed by atoms with Crippen molar-refractivity contribution >= 4 is 5.97 Å². The molecule has 0 fully saturated rings. The maximum atomic E-state index is 11.7. The molecule has 0 N–H and O–H groups in total. The minimum atomic E-state index is -0.357. The van der Waals surface area contributed by atoms with E-state index in [1.807, 2.05) is 11.5 Å². The lowest BCUT2D eigenvalue weighted by molar-refractivity contribution is 0.0588. The molecular weight excluding hydrogens is 240 g/mol. The number of aromatic nitrogens is 2. The van der Waals surface area contributed by atoms with E-state index in [1.54, 1.807) is 6.20 Å². The van der Waals surface area contributed by atoms with Crippen LogP contribution >= 0.6 is 0 Å². The van der Waals surface area contributed by atoms with Crippen LogP contribution in [-0.4, -0.2) is 22.6 Å². The Morgan fingerprint density at radius 1 is 1.26 bits per heavy atom. The molecule has 19 heavy (non-hydrogen) atoms. The second-order valence-corrected chi connectivity index (χ2v) is 4.69. The maximum Gasteiger partial charge on any atom is 0.356 e. The Labute approximate surface area is 113 Å². The minimum absolute atomic E-state index is 0.357. The number of carbonyl (C=O) groups excluding carboxylic acids is 1. The summed E-state index contributed by atoms with van der Waals surface area (Å²) in [5.74, 6) is 0.447. The average Bonchev–Trinajstić information content (AvgIpc) is 2.75. The fourth-order valence-electron chi connectivity index (χ4n) is 2.02. The number of rotatable bonds is 3. The van der Waals surface area contributed by atoms with Gasteiger partial charge in [0, 0.05) is 6.54 Å². The predicted octanol–water partition coefficient (Wildman–Crippen LogP) is 2.64. The number of methoxy groups -OCH3 is 1. The van der Waals surface area contributed by atoms with Gasteiger partial charge in [0.2, 0.25) is 0 Å². The molecule has 0 spiro atoms. The van der Waals surface area contributed by atoms with Crippen molar-refractivity contribution in [3.8, 4) is 0 Å². The van der Waals surface area contributed by atoms with Gasteiger partial charge in [0.1, 0.15) is 11.5 Å². The molecule has 0 aliphatic carbocycles. The summed E-state index contributed by atoms with van der Waals surface area (Å²) in [5, 5.41) is 0. The zero-order valence-corrected chi connectivity index (χ0v) is 11.7. The number of carbonyl (C=O) groups is 1. The lowest BCUT2D eigenvalue weighted by atomic mass is 10.1. The number of esters is 1. The predicted molar refractivity (Wildman–Crippen MR) is 73.3 cm³/mol. The van der Waals surface area contributed by atoms with E-state index in [0.717, 1.165) is 11.4 Å². The van der Waals surface area contributed by atoms with Crippen molar-refractivity contribution in [1.29, 1.82) is 0 Å². The zero-order valence-electron chi connectivity index (χ0n) is 11.7. The molecule has 2 aromatic rings. The number of aryl methyl sites for hydroxylation is 3. The summed E-state index contributed by atoms with van der Waals surface area (Å²) in [7, 11) is 1.38. The molecule has 1 aromatic heterocycles. The number of hydrogen-bond acceptors (Lipinski definition) is 3. The number of benzene rings is 1. The van der Waals surface area contributed by atoms with Gasteiger partial charge >= 0.3 is 5.97 Å². The molecule has 0 bridgehead atoms. The van der Waals surface area contributed by atoms with E-state index in [1.165, 1.54) is 18.2 Å². The van der Waals surface area contributed by atoms with Gasteiger partial charge in [0.15, 0.2) is 0 Å². The highest BCUT2D eigenvalue weighted by Crippen LogP contribution is 2.14. The summed E-state index contributed by atoms with van der Waals surface area (Å²) in [6.07, 6.45) is 1.56. The Kier molecular flexibility index (Phi) is 3.69. The third-order valence-corrected chi connectivity index (χ3v) is 3.36. The molecule has 4 heteroatoms. The zero-order chi connectivity index (χ0) is 14.0. The largest absolute Gasteiger partial charge is 0.464 e.